The third-order valence-corrected chi connectivity index (χ3v) is 20.6. The summed E-state index contributed by atoms with van der Waals surface area (Å²) in [5.41, 5.74) is 11.4. The summed E-state index contributed by atoms with van der Waals surface area (Å²) >= 11 is 5.80. The van der Waals surface area contributed by atoms with Gasteiger partial charge in [-0.05, 0) is 169 Å². The summed E-state index contributed by atoms with van der Waals surface area (Å²) in [4.78, 5) is 146. The van der Waals surface area contributed by atoms with Gasteiger partial charge in [-0.25, -0.2) is 105 Å². The summed E-state index contributed by atoms with van der Waals surface area (Å²) in [6, 6.07) is 18.4. The van der Waals surface area contributed by atoms with Crippen molar-refractivity contribution in [1.29, 1.82) is 0 Å². The van der Waals surface area contributed by atoms with Gasteiger partial charge in [-0.2, -0.15) is 0 Å². The largest absolute Gasteiger partial charge is 0.462 e. The number of amides is 5. The molecule has 0 aliphatic carbocycles. The number of methoxy groups -OCH3 is 2. The molecule has 33 nitrogen and oxygen atoms in total. The van der Waals surface area contributed by atoms with Crippen LogP contribution in [0.25, 0.3) is 66.9 Å². The maximum Gasteiger partial charge on any atom is 0.410 e. The van der Waals surface area contributed by atoms with Crippen LogP contribution in [-0.4, -0.2) is 213 Å². The van der Waals surface area contributed by atoms with Crippen molar-refractivity contribution in [1.82, 2.24) is 98.0 Å². The van der Waals surface area contributed by atoms with Gasteiger partial charge < -0.3 is 63.5 Å². The summed E-state index contributed by atoms with van der Waals surface area (Å²) in [6.45, 7) is 25.4. The number of rotatable bonds is 15. The summed E-state index contributed by atoms with van der Waals surface area (Å²) in [6.07, 6.45) is 2.97. The van der Waals surface area contributed by atoms with E-state index in [4.69, 9.17) is 22.1 Å². The Hall–Kier alpha value is -13.7. The maximum atomic E-state index is 15.2. The van der Waals surface area contributed by atoms with Crippen molar-refractivity contribution in [2.45, 2.75) is 139 Å². The second-order valence-corrected chi connectivity index (χ2v) is 32.3. The Balaban J connectivity index is 0.000000164. The van der Waals surface area contributed by atoms with E-state index in [1.807, 2.05) is 77.8 Å². The Morgan fingerprint density at radius 1 is 0.556 bits per heavy atom. The van der Waals surface area contributed by atoms with Gasteiger partial charge in [0.15, 0.2) is 34.9 Å². The molecule has 9 aromatic heterocycles. The van der Waals surface area contributed by atoms with Gasteiger partial charge in [0.05, 0.1) is 67.2 Å². The number of anilines is 5. The topological polar surface area (TPSA) is 374 Å². The minimum atomic E-state index is -1.27. The predicted molar refractivity (Wildman–Crippen MR) is 454 cm³/mol. The van der Waals surface area contributed by atoms with Crippen LogP contribution >= 0.6 is 11.6 Å². The van der Waals surface area contributed by atoms with Crippen molar-refractivity contribution in [3.8, 4) is 33.8 Å². The Bertz CT molecular complexity index is 6280. The number of hydrogen-bond donors (Lipinski definition) is 2. The molecule has 126 heavy (non-hydrogen) atoms. The molecule has 3 aliphatic heterocycles. The number of nitrogen functional groups attached to an aromatic ring is 1. The van der Waals surface area contributed by atoms with Gasteiger partial charge in [-0.15, -0.1) is 0 Å². The van der Waals surface area contributed by atoms with Crippen LogP contribution in [0.5, 0.6) is 0 Å². The van der Waals surface area contributed by atoms with E-state index in [0.29, 0.717) is 93.4 Å². The third-order valence-electron chi connectivity index (χ3n) is 20.4. The normalized spacial score (nSPS) is 13.0. The number of hydrogen-bond acceptors (Lipinski definition) is 25. The van der Waals surface area contributed by atoms with E-state index < -0.39 is 76.3 Å². The molecule has 0 saturated carbocycles. The number of carbonyl (C=O) groups is 7. The van der Waals surface area contributed by atoms with Crippen molar-refractivity contribution in [3.05, 3.63) is 183 Å². The Morgan fingerprint density at radius 3 is 1.56 bits per heavy atom. The second kappa shape index (κ2) is 37.8. The molecule has 0 bridgehead atoms. The molecule has 3 N–H and O–H groups in total. The standard InChI is InChI=1S/C31H36F2N8O3.C29H27F2N7O6.C15H15F2N5.C11H14ClN3O/c1-17(2)41-18(3)35-28-21(32)12-20(13-24(28)41)27-22(33)14-34-29(38-27)37-25-9-8-19-15-40(11-10-23(19)36-25)26(42)16-39(7)30(43)44-31(4,5)6;1-14(2)37-15(3)33-24-18(30)10-17(11-21(24)37)23-19(31)12-32-29(35-23)38(26(40)28(42)44-5)22-7-6-16-13-36(9-8-20(16)34-22)25(39)27(41)43-4;1-7(2)22-8(3)20-14-10(16)4-9(5-12(14)22)13-11(17)6-19-15(18)21-13;1-14(2)5-6-15-7-9-8(11(15)16)3-4-10(12)13-9/h8-9,12-14,17H,10-11,15-16H2,1-7H3,(H,34,36,37,38);6-7,10-12,14H,8-9,13H2,1-5H3;4-7H,1-3H3,(H2,18,19,21);3-4H,5-7H2,1-2H3. The van der Waals surface area contributed by atoms with Gasteiger partial charge in [-0.3, -0.25) is 19.2 Å². The highest BCUT2D eigenvalue weighted by molar-refractivity contribution is 6.39. The number of halogens is 7. The van der Waals surface area contributed by atoms with Gasteiger partial charge >= 0.3 is 29.8 Å². The average molecular weight is 1760 g/mol. The molecule has 3 aromatic carbocycles. The number of likely N-dealkylation sites (N-methyl/N-ethyl adjacent to an activating group) is 2. The molecule has 660 valence electrons. The minimum absolute atomic E-state index is 0.0255. The fourth-order valence-corrected chi connectivity index (χ4v) is 14.8. The minimum Gasteiger partial charge on any atom is -0.462 e. The zero-order chi connectivity index (χ0) is 91.5. The van der Waals surface area contributed by atoms with Gasteiger partial charge in [0.25, 0.3) is 5.91 Å². The van der Waals surface area contributed by atoms with Gasteiger partial charge in [-0.1, -0.05) is 23.7 Å². The number of aromatic nitrogens is 15. The zero-order valence-electron chi connectivity index (χ0n) is 72.2. The Kier molecular flexibility index (Phi) is 27.4. The molecule has 0 atom stereocenters. The lowest BCUT2D eigenvalue weighted by molar-refractivity contribution is -0.158. The molecule has 5 amide bonds. The molecule has 40 heteroatoms. The van der Waals surface area contributed by atoms with E-state index in [1.54, 1.807) is 91.5 Å². The molecule has 0 unspecified atom stereocenters. The average Bonchev–Trinajstić information content (AvgIpc) is 1.56. The maximum absolute atomic E-state index is 15.2. The second-order valence-electron chi connectivity index (χ2n) is 31.9. The summed E-state index contributed by atoms with van der Waals surface area (Å²) in [5, 5.41) is 3.46. The summed E-state index contributed by atoms with van der Waals surface area (Å²) in [5.74, 6) is -6.55. The monoisotopic (exact) mass is 1760 g/mol. The highest BCUT2D eigenvalue weighted by Gasteiger charge is 2.35. The molecule has 0 fully saturated rings. The first-order valence-corrected chi connectivity index (χ1v) is 40.2. The summed E-state index contributed by atoms with van der Waals surface area (Å²) in [7, 11) is 7.63. The number of nitrogens with one attached hydrogen (secondary N) is 1. The quantitative estimate of drug-likeness (QED) is 0.0316. The number of fused-ring (bicyclic) bond motifs is 6. The first-order valence-electron chi connectivity index (χ1n) is 39.8. The molecule has 0 radical (unpaired) electrons. The first-order chi connectivity index (χ1) is 59.6. The van der Waals surface area contributed by atoms with Crippen molar-refractivity contribution in [2.24, 2.45) is 0 Å². The van der Waals surface area contributed by atoms with Crippen molar-refractivity contribution in [2.75, 3.05) is 84.0 Å². The smallest absolute Gasteiger partial charge is 0.410 e. The number of carbonyl (C=O) groups excluding carboxylic acids is 7. The lowest BCUT2D eigenvalue weighted by Gasteiger charge is -2.30. The Labute approximate surface area is 724 Å². The number of imidazole rings is 3. The summed E-state index contributed by atoms with van der Waals surface area (Å²) < 4.78 is 109. The number of nitrogens with two attached hydrogens (primary N) is 1. The highest BCUT2D eigenvalue weighted by atomic mass is 35.5. The van der Waals surface area contributed by atoms with Gasteiger partial charge in [0, 0.05) is 105 Å². The van der Waals surface area contributed by atoms with E-state index >= 15 is 13.2 Å². The van der Waals surface area contributed by atoms with Gasteiger partial charge in [0.1, 0.15) is 80.0 Å². The predicted octanol–water partition coefficient (Wildman–Crippen LogP) is 13.0. The van der Waals surface area contributed by atoms with Crippen LogP contribution in [0.1, 0.15) is 136 Å². The molecule has 0 saturated heterocycles. The number of ether oxygens (including phenoxy) is 3. The fraction of sp³-hybridized carbons (Fsp3) is 0.360. The van der Waals surface area contributed by atoms with Crippen LogP contribution in [0.15, 0.2) is 91.4 Å². The zero-order valence-corrected chi connectivity index (χ0v) is 72.9. The first kappa shape index (κ1) is 91.5. The molecule has 3 aliphatic rings. The number of benzene rings is 3. The van der Waals surface area contributed by atoms with E-state index in [2.05, 4.69) is 79.5 Å². The van der Waals surface area contributed by atoms with Crippen LogP contribution in [0.3, 0.4) is 0 Å². The molecule has 0 spiro atoms. The number of nitrogens with zero attached hydrogens (tertiary/aromatic N) is 21. The van der Waals surface area contributed by atoms with Crippen LogP contribution < -0.4 is 16.0 Å². The number of esters is 2. The SMILES string of the molecule is CN(C)CCN1Cc2nc(Cl)ccc2C1=O.COC(=O)C(=O)N1CCc2nc(N(C(=O)C(=O)OC)c3ncc(F)c(-c4cc(F)c5nc(C)n(C(C)C)c5c4)n3)ccc2C1.Cc1nc2c(F)cc(-c3nc(N)ncc3F)cc2n1C(C)C.Cc1nc2c(F)cc(-c3nc(Nc4ccc5c(n4)CCN(C(=O)CN(C)C(=O)OC(C)(C)C)C5)ncc3F)cc2n1C(C)C. The molecular formula is C86H92ClF6N23O10. The van der Waals surface area contributed by atoms with Crippen LogP contribution in [0.2, 0.25) is 5.15 Å². The van der Waals surface area contributed by atoms with Crippen LogP contribution in [0, 0.1) is 55.7 Å². The lowest BCUT2D eigenvalue weighted by atomic mass is 10.1. The Morgan fingerprint density at radius 2 is 1.04 bits per heavy atom. The molecule has 12 aromatic rings. The third kappa shape index (κ3) is 20.1. The van der Waals surface area contributed by atoms with E-state index in [1.165, 1.54) is 35.0 Å². The van der Waals surface area contributed by atoms with E-state index in [9.17, 15) is 46.7 Å². The number of aryl methyl sites for hydroxylation is 3. The van der Waals surface area contributed by atoms with Crippen molar-refractivity contribution in [3.63, 3.8) is 0 Å². The highest BCUT2D eigenvalue weighted by Crippen LogP contribution is 2.37. The lowest BCUT2D eigenvalue weighted by Crippen LogP contribution is -2.44. The van der Waals surface area contributed by atoms with Crippen molar-refractivity contribution < 1.29 is 74.1 Å². The molecule has 12 heterocycles. The van der Waals surface area contributed by atoms with Gasteiger partial charge in [0.2, 0.25) is 23.8 Å². The van der Waals surface area contributed by atoms with Crippen molar-refractivity contribution >= 4 is 116 Å². The molecular weight excluding hydrogens is 1660 g/mol. The van der Waals surface area contributed by atoms with Crippen LogP contribution in [-0.2, 0) is 70.7 Å². The fourth-order valence-electron chi connectivity index (χ4n) is 14.7. The van der Waals surface area contributed by atoms with E-state index in [-0.39, 0.29) is 118 Å². The van der Waals surface area contributed by atoms with E-state index in [0.717, 1.165) is 73.8 Å². The van der Waals surface area contributed by atoms with Crippen LogP contribution in [0.4, 0.5) is 60.6 Å². The number of pyridine rings is 3. The molecule has 15 rings (SSSR count).